The Bertz CT molecular complexity index is 823. The summed E-state index contributed by atoms with van der Waals surface area (Å²) >= 11 is 0. The summed E-state index contributed by atoms with van der Waals surface area (Å²) in [7, 11) is 0. The van der Waals surface area contributed by atoms with Gasteiger partial charge in [-0.2, -0.15) is 5.10 Å². The van der Waals surface area contributed by atoms with Gasteiger partial charge in [-0.25, -0.2) is 4.79 Å². The minimum atomic E-state index is -0.0435. The number of nitrogens with one attached hydrogen (secondary N) is 1. The van der Waals surface area contributed by atoms with Crippen molar-refractivity contribution in [2.45, 2.75) is 57.5 Å². The number of amides is 2. The van der Waals surface area contributed by atoms with Gasteiger partial charge in [-0.15, -0.1) is 0 Å². The van der Waals surface area contributed by atoms with Crippen molar-refractivity contribution < 1.29 is 4.79 Å². The molecule has 3 heterocycles. The predicted molar refractivity (Wildman–Crippen MR) is 94.5 cm³/mol. The maximum atomic E-state index is 12.7. The molecule has 1 aliphatic heterocycles. The third-order valence-corrected chi connectivity index (χ3v) is 5.52. The SMILES string of the molecule is O=C(Nc1cnc2c(c1)CCCC2)N1CCn2nc(C3CC3)cc2C1. The second kappa shape index (κ2) is 5.86. The summed E-state index contributed by atoms with van der Waals surface area (Å²) in [4.78, 5) is 19.1. The van der Waals surface area contributed by atoms with Gasteiger partial charge in [0.05, 0.1) is 36.4 Å². The van der Waals surface area contributed by atoms with Crippen molar-refractivity contribution in [3.05, 3.63) is 41.0 Å². The molecule has 2 aliphatic carbocycles. The molecule has 1 fully saturated rings. The van der Waals surface area contributed by atoms with Crippen LogP contribution in [0.4, 0.5) is 10.5 Å². The summed E-state index contributed by atoms with van der Waals surface area (Å²) in [6.07, 6.45) is 8.86. The van der Waals surface area contributed by atoms with Crippen molar-refractivity contribution in [1.29, 1.82) is 0 Å². The molecule has 0 atom stereocenters. The zero-order valence-corrected chi connectivity index (χ0v) is 14.4. The van der Waals surface area contributed by atoms with Gasteiger partial charge in [-0.3, -0.25) is 9.67 Å². The molecule has 1 N–H and O–H groups in total. The average Bonchev–Trinajstić information content (AvgIpc) is 3.40. The second-order valence-electron chi connectivity index (χ2n) is 7.45. The number of aryl methyl sites for hydroxylation is 2. The molecule has 2 amide bonds. The van der Waals surface area contributed by atoms with Crippen molar-refractivity contribution in [3.8, 4) is 0 Å². The van der Waals surface area contributed by atoms with Crippen LogP contribution >= 0.6 is 0 Å². The molecular formula is C19H23N5O. The molecule has 0 unspecified atom stereocenters. The fourth-order valence-corrected chi connectivity index (χ4v) is 3.90. The van der Waals surface area contributed by atoms with Crippen LogP contribution in [0.3, 0.4) is 0 Å². The predicted octanol–water partition coefficient (Wildman–Crippen LogP) is 3.08. The van der Waals surface area contributed by atoms with Crippen molar-refractivity contribution in [2.75, 3.05) is 11.9 Å². The van der Waals surface area contributed by atoms with E-state index in [1.165, 1.54) is 42.6 Å². The molecule has 5 rings (SSSR count). The van der Waals surface area contributed by atoms with E-state index in [2.05, 4.69) is 32.2 Å². The van der Waals surface area contributed by atoms with Crippen molar-refractivity contribution in [3.63, 3.8) is 0 Å². The Kier molecular flexibility index (Phi) is 3.50. The van der Waals surface area contributed by atoms with Crippen LogP contribution in [0.5, 0.6) is 0 Å². The smallest absolute Gasteiger partial charge is 0.317 e. The molecule has 0 radical (unpaired) electrons. The lowest BCUT2D eigenvalue weighted by Crippen LogP contribution is -2.40. The summed E-state index contributed by atoms with van der Waals surface area (Å²) in [6.45, 7) is 2.10. The maximum absolute atomic E-state index is 12.7. The average molecular weight is 337 g/mol. The van der Waals surface area contributed by atoms with Gasteiger partial charge in [0.2, 0.25) is 0 Å². The first-order valence-electron chi connectivity index (χ1n) is 9.36. The molecule has 25 heavy (non-hydrogen) atoms. The van der Waals surface area contributed by atoms with Gasteiger partial charge < -0.3 is 10.2 Å². The first kappa shape index (κ1) is 14.9. The third-order valence-electron chi connectivity index (χ3n) is 5.52. The highest BCUT2D eigenvalue weighted by molar-refractivity contribution is 5.89. The van der Waals surface area contributed by atoms with Crippen LogP contribution < -0.4 is 5.32 Å². The van der Waals surface area contributed by atoms with E-state index in [0.29, 0.717) is 19.0 Å². The van der Waals surface area contributed by atoms with Crippen LogP contribution in [0.2, 0.25) is 0 Å². The van der Waals surface area contributed by atoms with Crippen LogP contribution in [0.15, 0.2) is 18.3 Å². The largest absolute Gasteiger partial charge is 0.322 e. The highest BCUT2D eigenvalue weighted by atomic mass is 16.2. The normalized spacial score (nSPS) is 19.3. The van der Waals surface area contributed by atoms with E-state index in [9.17, 15) is 4.79 Å². The number of carbonyl (C=O) groups excluding carboxylic acids is 1. The highest BCUT2D eigenvalue weighted by Gasteiger charge is 2.29. The summed E-state index contributed by atoms with van der Waals surface area (Å²) in [5, 5.41) is 7.72. The van der Waals surface area contributed by atoms with E-state index in [-0.39, 0.29) is 6.03 Å². The van der Waals surface area contributed by atoms with E-state index in [0.717, 1.165) is 30.8 Å². The Morgan fingerprint density at radius 1 is 1.16 bits per heavy atom. The third kappa shape index (κ3) is 2.90. The summed E-state index contributed by atoms with van der Waals surface area (Å²) in [5.41, 5.74) is 5.64. The van der Waals surface area contributed by atoms with Crippen LogP contribution in [0.25, 0.3) is 0 Å². The monoisotopic (exact) mass is 337 g/mol. The van der Waals surface area contributed by atoms with Gasteiger partial charge in [0, 0.05) is 18.2 Å². The Hall–Kier alpha value is -2.37. The Morgan fingerprint density at radius 3 is 2.92 bits per heavy atom. The molecule has 2 aromatic rings. The van der Waals surface area contributed by atoms with Crippen molar-refractivity contribution in [1.82, 2.24) is 19.7 Å². The molecule has 130 valence electrons. The molecule has 0 aromatic carbocycles. The van der Waals surface area contributed by atoms with Crippen LogP contribution in [0.1, 0.15) is 54.2 Å². The Morgan fingerprint density at radius 2 is 2.04 bits per heavy atom. The fraction of sp³-hybridized carbons (Fsp3) is 0.526. The van der Waals surface area contributed by atoms with E-state index < -0.39 is 0 Å². The Balaban J connectivity index is 1.28. The molecule has 0 saturated heterocycles. The van der Waals surface area contributed by atoms with Crippen molar-refractivity contribution in [2.24, 2.45) is 0 Å². The van der Waals surface area contributed by atoms with E-state index >= 15 is 0 Å². The fourth-order valence-electron chi connectivity index (χ4n) is 3.90. The summed E-state index contributed by atoms with van der Waals surface area (Å²) in [6, 6.07) is 4.23. The first-order valence-corrected chi connectivity index (χ1v) is 9.36. The number of aromatic nitrogens is 3. The number of hydrogen-bond acceptors (Lipinski definition) is 3. The van der Waals surface area contributed by atoms with Crippen LogP contribution in [-0.4, -0.2) is 32.2 Å². The van der Waals surface area contributed by atoms with Crippen LogP contribution in [0, 0.1) is 0 Å². The molecule has 6 nitrogen and oxygen atoms in total. The summed E-state index contributed by atoms with van der Waals surface area (Å²) in [5.74, 6) is 0.655. The number of nitrogens with zero attached hydrogens (tertiary/aromatic N) is 4. The van der Waals surface area contributed by atoms with E-state index in [1.54, 1.807) is 6.20 Å². The lowest BCUT2D eigenvalue weighted by Gasteiger charge is -2.28. The van der Waals surface area contributed by atoms with Gasteiger partial charge in [-0.1, -0.05) is 0 Å². The number of carbonyl (C=O) groups is 1. The first-order chi connectivity index (χ1) is 12.3. The molecule has 0 spiro atoms. The number of urea groups is 1. The molecule has 0 bridgehead atoms. The standard InChI is InChI=1S/C19H23N5O/c25-19(21-15-9-14-3-1-2-4-17(14)20-11-15)23-7-8-24-16(12-23)10-18(22-24)13-5-6-13/h9-11,13H,1-8,12H2,(H,21,25). The maximum Gasteiger partial charge on any atom is 0.322 e. The van der Waals surface area contributed by atoms with Gasteiger partial charge >= 0.3 is 6.03 Å². The lowest BCUT2D eigenvalue weighted by molar-refractivity contribution is 0.194. The molecule has 3 aliphatic rings. The number of pyridine rings is 1. The summed E-state index contributed by atoms with van der Waals surface area (Å²) < 4.78 is 2.07. The minimum absolute atomic E-state index is 0.0435. The lowest BCUT2D eigenvalue weighted by atomic mass is 9.96. The molecule has 2 aromatic heterocycles. The van der Waals surface area contributed by atoms with Crippen molar-refractivity contribution >= 4 is 11.7 Å². The highest BCUT2D eigenvalue weighted by Crippen LogP contribution is 2.39. The second-order valence-corrected chi connectivity index (χ2v) is 7.45. The number of fused-ring (bicyclic) bond motifs is 2. The van der Waals surface area contributed by atoms with Gasteiger partial charge in [0.15, 0.2) is 0 Å². The van der Waals surface area contributed by atoms with Gasteiger partial charge in [0.25, 0.3) is 0 Å². The van der Waals surface area contributed by atoms with Gasteiger partial charge in [-0.05, 0) is 56.2 Å². The molecular weight excluding hydrogens is 314 g/mol. The number of anilines is 1. The zero-order valence-electron chi connectivity index (χ0n) is 14.4. The van der Waals surface area contributed by atoms with Gasteiger partial charge in [0.1, 0.15) is 0 Å². The van der Waals surface area contributed by atoms with Crippen LogP contribution in [-0.2, 0) is 25.9 Å². The minimum Gasteiger partial charge on any atom is -0.317 e. The molecule has 1 saturated carbocycles. The topological polar surface area (TPSA) is 63.1 Å². The zero-order chi connectivity index (χ0) is 16.8. The Labute approximate surface area is 147 Å². The van der Waals surface area contributed by atoms with E-state index in [4.69, 9.17) is 0 Å². The quantitative estimate of drug-likeness (QED) is 0.916. The molecule has 6 heteroatoms. The van der Waals surface area contributed by atoms with E-state index in [1.807, 2.05) is 4.90 Å². The number of hydrogen-bond donors (Lipinski definition) is 1. The number of rotatable bonds is 2.